The number of carbonyl (C=O) groups excluding carboxylic acids is 1. The number of amides is 1. The monoisotopic (exact) mass is 378 g/mol. The van der Waals surface area contributed by atoms with E-state index >= 15 is 0 Å². The molecule has 1 saturated heterocycles. The van der Waals surface area contributed by atoms with Crippen LogP contribution in [0.4, 0.5) is 0 Å². The lowest BCUT2D eigenvalue weighted by Crippen LogP contribution is -2.39. The molecule has 2 aromatic rings. The molecular formula is C24H30N2O2. The summed E-state index contributed by atoms with van der Waals surface area (Å²) in [6.45, 7) is 9.43. The van der Waals surface area contributed by atoms with Crippen molar-refractivity contribution in [2.45, 2.75) is 32.3 Å². The zero-order chi connectivity index (χ0) is 19.8. The molecule has 4 heteroatoms. The van der Waals surface area contributed by atoms with E-state index in [-0.39, 0.29) is 12.0 Å². The Labute approximate surface area is 168 Å². The second-order valence-corrected chi connectivity index (χ2v) is 7.56. The van der Waals surface area contributed by atoms with Crippen LogP contribution in [0, 0.1) is 0 Å². The van der Waals surface area contributed by atoms with Crippen molar-refractivity contribution < 1.29 is 9.53 Å². The van der Waals surface area contributed by atoms with Gasteiger partial charge < -0.3 is 15.0 Å². The maximum atomic E-state index is 12.1. The summed E-state index contributed by atoms with van der Waals surface area (Å²) in [6.07, 6.45) is 3.42. The number of ether oxygens (including phenoxy) is 1. The van der Waals surface area contributed by atoms with Crippen molar-refractivity contribution >= 4 is 5.91 Å². The summed E-state index contributed by atoms with van der Waals surface area (Å²) in [6, 6.07) is 18.1. The molecule has 1 heterocycles. The maximum Gasteiger partial charge on any atom is 0.251 e. The minimum atomic E-state index is -0.0822. The third-order valence-corrected chi connectivity index (χ3v) is 5.06. The fourth-order valence-corrected chi connectivity index (χ4v) is 3.39. The average molecular weight is 379 g/mol. The first-order valence-corrected chi connectivity index (χ1v) is 10.1. The van der Waals surface area contributed by atoms with E-state index in [4.69, 9.17) is 4.74 Å². The van der Waals surface area contributed by atoms with E-state index < -0.39 is 0 Å². The number of likely N-dealkylation sites (tertiary alicyclic amines) is 1. The molecule has 0 spiro atoms. The van der Waals surface area contributed by atoms with Crippen molar-refractivity contribution in [2.24, 2.45) is 0 Å². The number of piperidine rings is 1. The summed E-state index contributed by atoms with van der Waals surface area (Å²) in [5.74, 6) is 0.750. The van der Waals surface area contributed by atoms with Crippen LogP contribution in [0.25, 0.3) is 0 Å². The predicted molar refractivity (Wildman–Crippen MR) is 114 cm³/mol. The Morgan fingerprint density at radius 1 is 1.11 bits per heavy atom. The van der Waals surface area contributed by atoms with Gasteiger partial charge in [-0.1, -0.05) is 42.5 Å². The Balaban J connectivity index is 1.40. The van der Waals surface area contributed by atoms with Gasteiger partial charge in [0.1, 0.15) is 11.9 Å². The zero-order valence-corrected chi connectivity index (χ0v) is 16.7. The molecule has 0 atom stereocenters. The van der Waals surface area contributed by atoms with Gasteiger partial charge in [-0.3, -0.25) is 4.79 Å². The number of hydrogen-bond acceptors (Lipinski definition) is 3. The SMILES string of the molecule is C=C(C)CNC(=O)c1ccc(OC2CCN(CCc3ccccc3)CC2)cc1. The van der Waals surface area contributed by atoms with E-state index in [0.29, 0.717) is 12.1 Å². The van der Waals surface area contributed by atoms with Crippen molar-refractivity contribution in [1.29, 1.82) is 0 Å². The molecule has 1 aliphatic heterocycles. The Morgan fingerprint density at radius 2 is 1.79 bits per heavy atom. The Morgan fingerprint density at radius 3 is 2.43 bits per heavy atom. The lowest BCUT2D eigenvalue weighted by molar-refractivity contribution is 0.0956. The number of rotatable bonds is 8. The maximum absolute atomic E-state index is 12.1. The van der Waals surface area contributed by atoms with E-state index in [1.807, 2.05) is 31.2 Å². The van der Waals surface area contributed by atoms with Crippen LogP contribution in [-0.4, -0.2) is 43.1 Å². The number of benzene rings is 2. The summed E-state index contributed by atoms with van der Waals surface area (Å²) in [7, 11) is 0. The zero-order valence-electron chi connectivity index (χ0n) is 16.7. The molecule has 2 aromatic carbocycles. The normalized spacial score (nSPS) is 15.2. The average Bonchev–Trinajstić information content (AvgIpc) is 2.73. The van der Waals surface area contributed by atoms with E-state index in [2.05, 4.69) is 47.1 Å². The highest BCUT2D eigenvalue weighted by Gasteiger charge is 2.20. The third kappa shape index (κ3) is 6.24. The van der Waals surface area contributed by atoms with Crippen molar-refractivity contribution in [1.82, 2.24) is 10.2 Å². The lowest BCUT2D eigenvalue weighted by Gasteiger charge is -2.32. The third-order valence-electron chi connectivity index (χ3n) is 5.06. The van der Waals surface area contributed by atoms with Gasteiger partial charge in [-0.2, -0.15) is 0 Å². The predicted octanol–water partition coefficient (Wildman–Crippen LogP) is 4.08. The number of carbonyl (C=O) groups is 1. The minimum Gasteiger partial charge on any atom is -0.490 e. The van der Waals surface area contributed by atoms with Gasteiger partial charge in [0.15, 0.2) is 0 Å². The first-order chi connectivity index (χ1) is 13.6. The first kappa shape index (κ1) is 20.2. The number of hydrogen-bond donors (Lipinski definition) is 1. The molecule has 0 aliphatic carbocycles. The van der Waals surface area contributed by atoms with Crippen LogP contribution in [0.2, 0.25) is 0 Å². The largest absolute Gasteiger partial charge is 0.490 e. The highest BCUT2D eigenvalue weighted by Crippen LogP contribution is 2.20. The van der Waals surface area contributed by atoms with E-state index in [0.717, 1.165) is 50.2 Å². The fraction of sp³-hybridized carbons (Fsp3) is 0.375. The van der Waals surface area contributed by atoms with Crippen LogP contribution in [0.5, 0.6) is 5.75 Å². The van der Waals surface area contributed by atoms with Gasteiger partial charge in [-0.15, -0.1) is 0 Å². The van der Waals surface area contributed by atoms with Gasteiger partial charge >= 0.3 is 0 Å². The summed E-state index contributed by atoms with van der Waals surface area (Å²) >= 11 is 0. The molecule has 0 bridgehead atoms. The van der Waals surface area contributed by atoms with Crippen LogP contribution >= 0.6 is 0 Å². The smallest absolute Gasteiger partial charge is 0.251 e. The standard InChI is InChI=1S/C24H30N2O2/c1-19(2)18-25-24(27)21-8-10-22(11-9-21)28-23-13-16-26(17-14-23)15-12-20-6-4-3-5-7-20/h3-11,23H,1,12-18H2,2H3,(H,25,27). The van der Waals surface area contributed by atoms with Gasteiger partial charge in [0.05, 0.1) is 0 Å². The first-order valence-electron chi connectivity index (χ1n) is 10.1. The van der Waals surface area contributed by atoms with Gasteiger partial charge in [0.2, 0.25) is 0 Å². The van der Waals surface area contributed by atoms with Crippen molar-refractivity contribution in [2.75, 3.05) is 26.2 Å². The molecule has 0 aromatic heterocycles. The van der Waals surface area contributed by atoms with E-state index in [1.54, 1.807) is 0 Å². The fourth-order valence-electron chi connectivity index (χ4n) is 3.39. The quantitative estimate of drug-likeness (QED) is 0.704. The van der Waals surface area contributed by atoms with Crippen LogP contribution in [0.3, 0.4) is 0 Å². The second-order valence-electron chi connectivity index (χ2n) is 7.56. The molecule has 0 saturated carbocycles. The second kappa shape index (κ2) is 10.1. The summed E-state index contributed by atoms with van der Waals surface area (Å²) in [5, 5.41) is 2.84. The highest BCUT2D eigenvalue weighted by molar-refractivity contribution is 5.94. The van der Waals surface area contributed by atoms with E-state index in [9.17, 15) is 4.79 Å². The van der Waals surface area contributed by atoms with Gasteiger partial charge in [-0.05, 0) is 56.0 Å². The molecule has 0 radical (unpaired) electrons. The molecule has 4 nitrogen and oxygen atoms in total. The lowest BCUT2D eigenvalue weighted by atomic mass is 10.1. The van der Waals surface area contributed by atoms with Gasteiger partial charge in [0.25, 0.3) is 5.91 Å². The molecule has 1 aliphatic rings. The minimum absolute atomic E-state index is 0.0822. The number of nitrogens with zero attached hydrogens (tertiary/aromatic N) is 1. The molecule has 0 unspecified atom stereocenters. The molecule has 148 valence electrons. The molecular weight excluding hydrogens is 348 g/mol. The molecule has 3 rings (SSSR count). The molecule has 28 heavy (non-hydrogen) atoms. The van der Waals surface area contributed by atoms with Crippen LogP contribution in [-0.2, 0) is 6.42 Å². The molecule has 1 N–H and O–H groups in total. The summed E-state index contributed by atoms with van der Waals surface area (Å²) in [5.41, 5.74) is 2.97. The Hall–Kier alpha value is -2.59. The van der Waals surface area contributed by atoms with Crippen molar-refractivity contribution in [3.05, 3.63) is 77.9 Å². The number of nitrogens with one attached hydrogen (secondary N) is 1. The van der Waals surface area contributed by atoms with Crippen molar-refractivity contribution in [3.63, 3.8) is 0 Å². The summed E-state index contributed by atoms with van der Waals surface area (Å²) < 4.78 is 6.13. The topological polar surface area (TPSA) is 41.6 Å². The molecule has 1 fully saturated rings. The van der Waals surface area contributed by atoms with Gasteiger partial charge in [-0.25, -0.2) is 0 Å². The van der Waals surface area contributed by atoms with Crippen molar-refractivity contribution in [3.8, 4) is 5.75 Å². The molecule has 1 amide bonds. The highest BCUT2D eigenvalue weighted by atomic mass is 16.5. The van der Waals surface area contributed by atoms with Gasteiger partial charge in [0, 0.05) is 31.7 Å². The van der Waals surface area contributed by atoms with Crippen LogP contribution in [0.1, 0.15) is 35.7 Å². The Kier molecular flexibility index (Phi) is 7.26. The Bertz CT molecular complexity index is 763. The van der Waals surface area contributed by atoms with E-state index in [1.165, 1.54) is 5.56 Å². The summed E-state index contributed by atoms with van der Waals surface area (Å²) in [4.78, 5) is 14.6. The van der Waals surface area contributed by atoms with Crippen LogP contribution < -0.4 is 10.1 Å². The van der Waals surface area contributed by atoms with Crippen LogP contribution in [0.15, 0.2) is 66.7 Å².